The van der Waals surface area contributed by atoms with Gasteiger partial charge < -0.3 is 5.11 Å². The molecule has 1 amide bonds. The van der Waals surface area contributed by atoms with Crippen LogP contribution in [-0.4, -0.2) is 16.7 Å². The number of rotatable bonds is 4. The highest BCUT2D eigenvalue weighted by Gasteiger charge is 2.16. The topological polar surface area (TPSA) is 61.7 Å². The summed E-state index contributed by atoms with van der Waals surface area (Å²) in [5, 5.41) is 14.0. The number of aryl methyl sites for hydroxylation is 1. The zero-order chi connectivity index (χ0) is 15.2. The van der Waals surface area contributed by atoms with Crippen LogP contribution in [0.2, 0.25) is 0 Å². The number of benzene rings is 2. The maximum atomic E-state index is 11.9. The smallest absolute Gasteiger partial charge is 0.273 e. The van der Waals surface area contributed by atoms with E-state index in [1.807, 2.05) is 37.3 Å². The third kappa shape index (κ3) is 4.00. The fourth-order valence-electron chi connectivity index (χ4n) is 1.85. The number of hydrogen-bond donors (Lipinski definition) is 2. The molecule has 0 aliphatic rings. The lowest BCUT2D eigenvalue weighted by molar-refractivity contribution is -0.129. The maximum Gasteiger partial charge on any atom is 0.273 e. The third-order valence-electron chi connectivity index (χ3n) is 3.17. The summed E-state index contributed by atoms with van der Waals surface area (Å²) in [5.41, 5.74) is 5.70. The van der Waals surface area contributed by atoms with E-state index in [-0.39, 0.29) is 0 Å². The highest BCUT2D eigenvalue weighted by Crippen LogP contribution is 2.12. The molecule has 0 aromatic heterocycles. The summed E-state index contributed by atoms with van der Waals surface area (Å²) in [6.07, 6.45) is -1.22. The van der Waals surface area contributed by atoms with Gasteiger partial charge in [0.25, 0.3) is 5.91 Å². The monoisotopic (exact) mass is 282 g/mol. The Bertz CT molecular complexity index is 634. The van der Waals surface area contributed by atoms with Gasteiger partial charge in [-0.25, -0.2) is 5.43 Å². The maximum absolute atomic E-state index is 11.9. The molecule has 2 N–H and O–H groups in total. The minimum atomic E-state index is -1.22. The molecular weight excluding hydrogens is 264 g/mol. The molecule has 0 bridgehead atoms. The number of nitrogens with one attached hydrogen (secondary N) is 1. The normalized spacial score (nSPS) is 12.8. The largest absolute Gasteiger partial charge is 0.378 e. The van der Waals surface area contributed by atoms with E-state index in [9.17, 15) is 9.90 Å². The van der Waals surface area contributed by atoms with Gasteiger partial charge in [-0.05, 0) is 25.0 Å². The summed E-state index contributed by atoms with van der Waals surface area (Å²) in [6.45, 7) is 3.81. The first kappa shape index (κ1) is 14.9. The number of hydrogen-bond acceptors (Lipinski definition) is 3. The number of amides is 1. The van der Waals surface area contributed by atoms with Gasteiger partial charge in [0.05, 0.1) is 5.71 Å². The van der Waals surface area contributed by atoms with Gasteiger partial charge in [-0.2, -0.15) is 5.10 Å². The van der Waals surface area contributed by atoms with Gasteiger partial charge in [-0.1, -0.05) is 60.2 Å². The highest BCUT2D eigenvalue weighted by molar-refractivity contribution is 5.99. The summed E-state index contributed by atoms with van der Waals surface area (Å²) >= 11 is 0. The van der Waals surface area contributed by atoms with Crippen LogP contribution in [-0.2, 0) is 4.79 Å². The van der Waals surface area contributed by atoms with Crippen molar-refractivity contribution >= 4 is 11.6 Å². The molecule has 4 nitrogen and oxygen atoms in total. The Morgan fingerprint density at radius 1 is 1.10 bits per heavy atom. The molecule has 0 fully saturated rings. The van der Waals surface area contributed by atoms with Crippen LogP contribution in [0.15, 0.2) is 59.7 Å². The van der Waals surface area contributed by atoms with Crippen LogP contribution >= 0.6 is 0 Å². The Hall–Kier alpha value is -2.46. The number of nitrogens with zero attached hydrogens (tertiary/aromatic N) is 1. The minimum Gasteiger partial charge on any atom is -0.378 e. The average Bonchev–Trinajstić information content (AvgIpc) is 2.53. The summed E-state index contributed by atoms with van der Waals surface area (Å²) in [5.74, 6) is -0.548. The highest BCUT2D eigenvalue weighted by atomic mass is 16.3. The molecule has 108 valence electrons. The molecule has 0 radical (unpaired) electrons. The molecular formula is C17H18N2O2. The molecule has 0 spiro atoms. The molecule has 0 heterocycles. The van der Waals surface area contributed by atoms with Gasteiger partial charge in [-0.3, -0.25) is 4.79 Å². The lowest BCUT2D eigenvalue weighted by atomic mass is 10.1. The van der Waals surface area contributed by atoms with Gasteiger partial charge in [0, 0.05) is 0 Å². The number of aliphatic hydroxyl groups excluding tert-OH is 1. The number of carbonyl (C=O) groups excluding carboxylic acids is 1. The molecule has 0 aliphatic carbocycles. The fourth-order valence-corrected chi connectivity index (χ4v) is 1.85. The van der Waals surface area contributed by atoms with Gasteiger partial charge >= 0.3 is 0 Å². The van der Waals surface area contributed by atoms with E-state index in [4.69, 9.17) is 0 Å². The second-order valence-corrected chi connectivity index (χ2v) is 4.85. The van der Waals surface area contributed by atoms with Crippen LogP contribution in [0.1, 0.15) is 29.7 Å². The molecule has 4 heteroatoms. The zero-order valence-corrected chi connectivity index (χ0v) is 12.1. The van der Waals surface area contributed by atoms with Crippen molar-refractivity contribution in [3.8, 4) is 0 Å². The number of aliphatic hydroxyl groups is 1. The van der Waals surface area contributed by atoms with Crippen molar-refractivity contribution in [2.75, 3.05) is 0 Å². The van der Waals surface area contributed by atoms with Crippen LogP contribution < -0.4 is 5.43 Å². The minimum absolute atomic E-state index is 0.540. The number of carbonyl (C=O) groups is 1. The van der Waals surface area contributed by atoms with Crippen molar-refractivity contribution in [2.45, 2.75) is 20.0 Å². The first-order valence-corrected chi connectivity index (χ1v) is 6.72. The molecule has 0 aliphatic heterocycles. The SMILES string of the molecule is CC(=NNC(=O)[C@@H](O)c1ccccc1)c1ccc(C)cc1. The Kier molecular flexibility index (Phi) is 4.85. The van der Waals surface area contributed by atoms with E-state index in [2.05, 4.69) is 10.5 Å². The van der Waals surface area contributed by atoms with Crippen LogP contribution in [0.4, 0.5) is 0 Å². The summed E-state index contributed by atoms with van der Waals surface area (Å²) < 4.78 is 0. The molecule has 1 atom stereocenters. The zero-order valence-electron chi connectivity index (χ0n) is 12.1. The van der Waals surface area contributed by atoms with Crippen LogP contribution in [0, 0.1) is 6.92 Å². The van der Waals surface area contributed by atoms with E-state index in [1.54, 1.807) is 31.2 Å². The van der Waals surface area contributed by atoms with Gasteiger partial charge in [0.15, 0.2) is 6.10 Å². The quantitative estimate of drug-likeness (QED) is 0.669. The third-order valence-corrected chi connectivity index (χ3v) is 3.17. The van der Waals surface area contributed by atoms with Crippen molar-refractivity contribution < 1.29 is 9.90 Å². The Morgan fingerprint density at radius 3 is 2.33 bits per heavy atom. The lowest BCUT2D eigenvalue weighted by Crippen LogP contribution is -2.26. The van der Waals surface area contributed by atoms with Gasteiger partial charge in [0.1, 0.15) is 0 Å². The number of hydrazone groups is 1. The Balaban J connectivity index is 2.03. The van der Waals surface area contributed by atoms with Crippen molar-refractivity contribution in [3.05, 3.63) is 71.3 Å². The molecule has 0 unspecified atom stereocenters. The van der Waals surface area contributed by atoms with Crippen LogP contribution in [0.5, 0.6) is 0 Å². The lowest BCUT2D eigenvalue weighted by Gasteiger charge is -2.09. The van der Waals surface area contributed by atoms with Crippen molar-refractivity contribution in [2.24, 2.45) is 5.10 Å². The second kappa shape index (κ2) is 6.81. The molecule has 2 aromatic rings. The molecule has 0 saturated heterocycles. The summed E-state index contributed by atoms with van der Waals surface area (Å²) in [4.78, 5) is 11.9. The van der Waals surface area contributed by atoms with E-state index >= 15 is 0 Å². The predicted octanol–water partition coefficient (Wildman–Crippen LogP) is 2.57. The predicted molar refractivity (Wildman–Crippen MR) is 82.9 cm³/mol. The van der Waals surface area contributed by atoms with Gasteiger partial charge in [-0.15, -0.1) is 0 Å². The van der Waals surface area contributed by atoms with Gasteiger partial charge in [0.2, 0.25) is 0 Å². The van der Waals surface area contributed by atoms with E-state index in [1.165, 1.54) is 0 Å². The Morgan fingerprint density at radius 2 is 1.71 bits per heavy atom. The molecule has 21 heavy (non-hydrogen) atoms. The average molecular weight is 282 g/mol. The second-order valence-electron chi connectivity index (χ2n) is 4.85. The molecule has 0 saturated carbocycles. The van der Waals surface area contributed by atoms with Crippen LogP contribution in [0.25, 0.3) is 0 Å². The Labute approximate surface area is 124 Å². The van der Waals surface area contributed by atoms with E-state index in [0.29, 0.717) is 11.3 Å². The van der Waals surface area contributed by atoms with Crippen molar-refractivity contribution in [3.63, 3.8) is 0 Å². The van der Waals surface area contributed by atoms with Crippen molar-refractivity contribution in [1.29, 1.82) is 0 Å². The first-order chi connectivity index (χ1) is 10.1. The van der Waals surface area contributed by atoms with Crippen LogP contribution in [0.3, 0.4) is 0 Å². The van der Waals surface area contributed by atoms with Crippen molar-refractivity contribution in [1.82, 2.24) is 5.43 Å². The van der Waals surface area contributed by atoms with E-state index < -0.39 is 12.0 Å². The standard InChI is InChI=1S/C17H18N2O2/c1-12-8-10-14(11-9-12)13(2)18-19-17(21)16(20)15-6-4-3-5-7-15/h3-11,16,20H,1-2H3,(H,19,21)/t16-/m0/s1. The molecule has 2 aromatic carbocycles. The fraction of sp³-hybridized carbons (Fsp3) is 0.176. The van der Waals surface area contributed by atoms with E-state index in [0.717, 1.165) is 11.1 Å². The first-order valence-electron chi connectivity index (χ1n) is 6.72. The molecule has 2 rings (SSSR count). The summed E-state index contributed by atoms with van der Waals surface area (Å²) in [7, 11) is 0. The summed E-state index contributed by atoms with van der Waals surface area (Å²) in [6, 6.07) is 16.6.